The molecule has 3 nitrogen and oxygen atoms in total. The molecule has 0 aromatic heterocycles. The minimum Gasteiger partial charge on any atom is -0.393 e. The van der Waals surface area contributed by atoms with Gasteiger partial charge in [-0.1, -0.05) is 0 Å². The number of amides is 1. The van der Waals surface area contributed by atoms with Crippen molar-refractivity contribution in [1.82, 2.24) is 4.90 Å². The van der Waals surface area contributed by atoms with Crippen molar-refractivity contribution < 1.29 is 9.90 Å². The summed E-state index contributed by atoms with van der Waals surface area (Å²) in [5, 5.41) is 9.04. The highest BCUT2D eigenvalue weighted by atomic mass is 16.3. The zero-order chi connectivity index (χ0) is 9.84. The topological polar surface area (TPSA) is 40.5 Å². The van der Waals surface area contributed by atoms with Crippen LogP contribution in [0.1, 0.15) is 32.6 Å². The first-order chi connectivity index (χ1) is 6.09. The van der Waals surface area contributed by atoms with E-state index >= 15 is 0 Å². The van der Waals surface area contributed by atoms with Gasteiger partial charge in [0.2, 0.25) is 5.91 Å². The predicted octanol–water partition coefficient (Wildman–Crippen LogP) is 1.02. The quantitative estimate of drug-likeness (QED) is 0.694. The van der Waals surface area contributed by atoms with Crippen LogP contribution in [0, 0.1) is 5.92 Å². The summed E-state index contributed by atoms with van der Waals surface area (Å²) in [6.45, 7) is 2.42. The van der Waals surface area contributed by atoms with E-state index in [-0.39, 0.29) is 12.0 Å². The summed E-state index contributed by atoms with van der Waals surface area (Å²) in [6, 6.07) is 0. The largest absolute Gasteiger partial charge is 0.393 e. The van der Waals surface area contributed by atoms with Crippen LogP contribution in [-0.4, -0.2) is 35.6 Å². The summed E-state index contributed by atoms with van der Waals surface area (Å²) in [6.07, 6.45) is 3.51. The second-order valence-corrected chi connectivity index (χ2v) is 4.10. The van der Waals surface area contributed by atoms with Gasteiger partial charge in [0, 0.05) is 20.0 Å². The van der Waals surface area contributed by atoms with Gasteiger partial charge >= 0.3 is 0 Å². The Labute approximate surface area is 79.7 Å². The van der Waals surface area contributed by atoms with E-state index in [4.69, 9.17) is 5.11 Å². The van der Waals surface area contributed by atoms with Gasteiger partial charge in [0.05, 0.1) is 6.10 Å². The van der Waals surface area contributed by atoms with E-state index in [2.05, 4.69) is 0 Å². The van der Waals surface area contributed by atoms with Gasteiger partial charge in [0.15, 0.2) is 0 Å². The Kier molecular flexibility index (Phi) is 3.72. The average Bonchev–Trinajstić information content (AvgIpc) is 2.83. The molecular weight excluding hydrogens is 166 g/mol. The molecule has 1 fully saturated rings. The van der Waals surface area contributed by atoms with E-state index in [9.17, 15) is 4.79 Å². The van der Waals surface area contributed by atoms with Crippen LogP contribution in [0.25, 0.3) is 0 Å². The Morgan fingerprint density at radius 3 is 2.69 bits per heavy atom. The summed E-state index contributed by atoms with van der Waals surface area (Å²) in [5.41, 5.74) is 0. The Morgan fingerprint density at radius 1 is 1.62 bits per heavy atom. The Bertz CT molecular complexity index is 176. The van der Waals surface area contributed by atoms with Crippen LogP contribution in [-0.2, 0) is 4.79 Å². The first-order valence-corrected chi connectivity index (χ1v) is 5.01. The molecule has 1 aliphatic rings. The van der Waals surface area contributed by atoms with E-state index in [1.54, 1.807) is 11.8 Å². The molecule has 0 aromatic rings. The molecule has 0 saturated heterocycles. The number of carbonyl (C=O) groups is 1. The van der Waals surface area contributed by atoms with Crippen LogP contribution < -0.4 is 0 Å². The summed E-state index contributed by atoms with van der Waals surface area (Å²) >= 11 is 0. The number of aliphatic hydroxyl groups excluding tert-OH is 1. The number of aliphatic hydroxyl groups is 1. The van der Waals surface area contributed by atoms with Crippen LogP contribution in [0.15, 0.2) is 0 Å². The van der Waals surface area contributed by atoms with E-state index in [0.29, 0.717) is 25.3 Å². The summed E-state index contributed by atoms with van der Waals surface area (Å²) < 4.78 is 0. The smallest absolute Gasteiger partial charge is 0.222 e. The van der Waals surface area contributed by atoms with Crippen molar-refractivity contribution in [3.8, 4) is 0 Å². The van der Waals surface area contributed by atoms with Gasteiger partial charge in [-0.25, -0.2) is 0 Å². The van der Waals surface area contributed by atoms with E-state index in [1.165, 1.54) is 12.8 Å². The van der Waals surface area contributed by atoms with Crippen molar-refractivity contribution in [1.29, 1.82) is 0 Å². The Morgan fingerprint density at radius 2 is 2.23 bits per heavy atom. The van der Waals surface area contributed by atoms with Crippen LogP contribution in [0.5, 0.6) is 0 Å². The third kappa shape index (κ3) is 4.27. The highest BCUT2D eigenvalue weighted by Crippen LogP contribution is 2.32. The molecule has 3 heteroatoms. The van der Waals surface area contributed by atoms with Gasteiger partial charge in [0.1, 0.15) is 0 Å². The SMILES string of the molecule is CC(O)CCN(C)C(=O)CC1CC1. The van der Waals surface area contributed by atoms with E-state index < -0.39 is 0 Å². The molecule has 76 valence electrons. The van der Waals surface area contributed by atoms with Crippen LogP contribution in [0.3, 0.4) is 0 Å². The Hall–Kier alpha value is -0.570. The van der Waals surface area contributed by atoms with Crippen molar-refractivity contribution in [2.45, 2.75) is 38.7 Å². The molecule has 0 aromatic carbocycles. The molecular formula is C10H19NO2. The fourth-order valence-corrected chi connectivity index (χ4v) is 1.23. The minimum absolute atomic E-state index is 0.225. The first-order valence-electron chi connectivity index (χ1n) is 5.01. The van der Waals surface area contributed by atoms with Crippen LogP contribution >= 0.6 is 0 Å². The standard InChI is InChI=1S/C10H19NO2/c1-8(12)5-6-11(2)10(13)7-9-3-4-9/h8-9,12H,3-7H2,1-2H3. The highest BCUT2D eigenvalue weighted by Gasteiger charge is 2.25. The van der Waals surface area contributed by atoms with Gasteiger partial charge in [0.25, 0.3) is 0 Å². The van der Waals surface area contributed by atoms with Gasteiger partial charge in [-0.3, -0.25) is 4.79 Å². The maximum atomic E-state index is 11.5. The molecule has 1 aliphatic carbocycles. The zero-order valence-corrected chi connectivity index (χ0v) is 8.49. The molecule has 1 rings (SSSR count). The fourth-order valence-electron chi connectivity index (χ4n) is 1.23. The summed E-state index contributed by atoms with van der Waals surface area (Å²) in [7, 11) is 1.81. The van der Waals surface area contributed by atoms with Gasteiger partial charge in [-0.15, -0.1) is 0 Å². The maximum Gasteiger partial charge on any atom is 0.222 e. The van der Waals surface area contributed by atoms with Crippen molar-refractivity contribution in [3.05, 3.63) is 0 Å². The normalized spacial score (nSPS) is 18.4. The summed E-state index contributed by atoms with van der Waals surface area (Å²) in [5.74, 6) is 0.879. The Balaban J connectivity index is 2.12. The number of hydrogen-bond acceptors (Lipinski definition) is 2. The average molecular weight is 185 g/mol. The van der Waals surface area contributed by atoms with E-state index in [1.807, 2.05) is 7.05 Å². The lowest BCUT2D eigenvalue weighted by atomic mass is 10.2. The molecule has 1 amide bonds. The number of nitrogens with zero attached hydrogens (tertiary/aromatic N) is 1. The number of rotatable bonds is 5. The monoisotopic (exact) mass is 185 g/mol. The number of carbonyl (C=O) groups excluding carboxylic acids is 1. The molecule has 1 atom stereocenters. The number of hydrogen-bond donors (Lipinski definition) is 1. The molecule has 0 radical (unpaired) electrons. The molecule has 0 spiro atoms. The third-order valence-electron chi connectivity index (χ3n) is 2.47. The maximum absolute atomic E-state index is 11.5. The van der Waals surface area contributed by atoms with Crippen molar-refractivity contribution in [2.24, 2.45) is 5.92 Å². The minimum atomic E-state index is -0.309. The third-order valence-corrected chi connectivity index (χ3v) is 2.47. The van der Waals surface area contributed by atoms with Gasteiger partial charge in [-0.2, -0.15) is 0 Å². The van der Waals surface area contributed by atoms with Gasteiger partial charge in [-0.05, 0) is 32.1 Å². The lowest BCUT2D eigenvalue weighted by Gasteiger charge is -2.17. The van der Waals surface area contributed by atoms with Crippen molar-refractivity contribution >= 4 is 5.91 Å². The predicted molar refractivity (Wildman–Crippen MR) is 51.3 cm³/mol. The van der Waals surface area contributed by atoms with Crippen molar-refractivity contribution in [2.75, 3.05) is 13.6 Å². The van der Waals surface area contributed by atoms with Crippen molar-refractivity contribution in [3.63, 3.8) is 0 Å². The van der Waals surface area contributed by atoms with Gasteiger partial charge < -0.3 is 10.0 Å². The molecule has 1 N–H and O–H groups in total. The van der Waals surface area contributed by atoms with Crippen LogP contribution in [0.4, 0.5) is 0 Å². The van der Waals surface area contributed by atoms with E-state index in [0.717, 1.165) is 0 Å². The summed E-state index contributed by atoms with van der Waals surface area (Å²) in [4.78, 5) is 13.2. The molecule has 0 bridgehead atoms. The van der Waals surface area contributed by atoms with Crippen LogP contribution in [0.2, 0.25) is 0 Å². The lowest BCUT2D eigenvalue weighted by molar-refractivity contribution is -0.130. The zero-order valence-electron chi connectivity index (χ0n) is 8.49. The highest BCUT2D eigenvalue weighted by molar-refractivity contribution is 5.76. The second-order valence-electron chi connectivity index (χ2n) is 4.10. The lowest BCUT2D eigenvalue weighted by Crippen LogP contribution is -2.29. The molecule has 1 saturated carbocycles. The first kappa shape index (κ1) is 10.5. The molecule has 0 aliphatic heterocycles. The molecule has 0 heterocycles. The fraction of sp³-hybridized carbons (Fsp3) is 0.900. The molecule has 1 unspecified atom stereocenters. The molecule has 13 heavy (non-hydrogen) atoms. The second kappa shape index (κ2) is 4.61.